The van der Waals surface area contributed by atoms with Crippen LogP contribution in [0.4, 0.5) is 0 Å². The molecule has 0 aliphatic carbocycles. The van der Waals surface area contributed by atoms with E-state index in [2.05, 4.69) is 0 Å². The van der Waals surface area contributed by atoms with Crippen LogP contribution in [0, 0.1) is 0 Å². The molecule has 0 bridgehead atoms. The maximum Gasteiger partial charge on any atom is 0.342 e. The molecule has 1 aromatic heterocycles. The Hall–Kier alpha value is -3.32. The quantitative estimate of drug-likeness (QED) is 0.363. The first kappa shape index (κ1) is 21.4. The van der Waals surface area contributed by atoms with Gasteiger partial charge in [0.25, 0.3) is 5.91 Å². The number of ether oxygens (including phenoxy) is 3. The number of para-hydroxylation sites is 2. The summed E-state index contributed by atoms with van der Waals surface area (Å²) in [5.74, 6) is 0.258. The van der Waals surface area contributed by atoms with Crippen LogP contribution in [0.5, 0.6) is 11.5 Å². The zero-order chi connectivity index (χ0) is 21.2. The lowest BCUT2D eigenvalue weighted by Crippen LogP contribution is -2.30. The van der Waals surface area contributed by atoms with Gasteiger partial charge in [-0.25, -0.2) is 4.79 Å². The standard InChI is InChI=1S/C23H23NO5S/c1-24(15-18-11-14-30-17-18)22(25)16-29-23(26)20-9-5-6-10-21(20)28-13-12-27-19-7-3-2-4-8-19/h2-11,14,17H,12-13,15-16H2,1H3. The number of carbonyl (C=O) groups excluding carboxylic acids is 2. The molecule has 0 N–H and O–H groups in total. The molecule has 0 atom stereocenters. The van der Waals surface area contributed by atoms with E-state index in [-0.39, 0.29) is 24.7 Å². The Balaban J connectivity index is 1.47. The monoisotopic (exact) mass is 425 g/mol. The SMILES string of the molecule is CN(Cc1ccsc1)C(=O)COC(=O)c1ccccc1OCCOc1ccccc1. The van der Waals surface area contributed by atoms with E-state index in [0.29, 0.717) is 18.9 Å². The van der Waals surface area contributed by atoms with E-state index >= 15 is 0 Å². The van der Waals surface area contributed by atoms with E-state index in [1.54, 1.807) is 42.6 Å². The molecule has 156 valence electrons. The van der Waals surface area contributed by atoms with Crippen molar-refractivity contribution in [1.29, 1.82) is 0 Å². The molecule has 0 spiro atoms. The molecule has 3 aromatic rings. The summed E-state index contributed by atoms with van der Waals surface area (Å²) in [5.41, 5.74) is 1.31. The van der Waals surface area contributed by atoms with Crippen molar-refractivity contribution in [2.24, 2.45) is 0 Å². The van der Waals surface area contributed by atoms with Crippen LogP contribution in [0.3, 0.4) is 0 Å². The van der Waals surface area contributed by atoms with Gasteiger partial charge in [0, 0.05) is 13.6 Å². The van der Waals surface area contributed by atoms with Crippen molar-refractivity contribution >= 4 is 23.2 Å². The lowest BCUT2D eigenvalue weighted by molar-refractivity contribution is -0.133. The number of benzene rings is 2. The number of thiophene rings is 1. The summed E-state index contributed by atoms with van der Waals surface area (Å²) >= 11 is 1.57. The number of amides is 1. The van der Waals surface area contributed by atoms with Crippen LogP contribution < -0.4 is 9.47 Å². The number of esters is 1. The average molecular weight is 426 g/mol. The largest absolute Gasteiger partial charge is 0.490 e. The summed E-state index contributed by atoms with van der Waals surface area (Å²) in [5, 5.41) is 3.93. The van der Waals surface area contributed by atoms with Crippen LogP contribution in [-0.2, 0) is 16.1 Å². The third kappa shape index (κ3) is 6.35. The summed E-state index contributed by atoms with van der Waals surface area (Å²) in [4.78, 5) is 26.2. The van der Waals surface area contributed by atoms with Crippen molar-refractivity contribution < 1.29 is 23.8 Å². The number of likely N-dealkylation sites (N-methyl/N-ethyl adjacent to an activating group) is 1. The minimum atomic E-state index is -0.605. The van der Waals surface area contributed by atoms with E-state index in [0.717, 1.165) is 11.3 Å². The number of carbonyl (C=O) groups is 2. The Bertz CT molecular complexity index is 943. The Morgan fingerprint density at radius 1 is 0.933 bits per heavy atom. The predicted molar refractivity (Wildman–Crippen MR) is 115 cm³/mol. The molecular formula is C23H23NO5S. The predicted octanol–water partition coefficient (Wildman–Crippen LogP) is 4.02. The van der Waals surface area contributed by atoms with E-state index in [9.17, 15) is 9.59 Å². The van der Waals surface area contributed by atoms with E-state index in [4.69, 9.17) is 14.2 Å². The Kier molecular flexibility index (Phi) is 7.86. The third-order valence-electron chi connectivity index (χ3n) is 4.21. The van der Waals surface area contributed by atoms with Gasteiger partial charge in [-0.05, 0) is 46.7 Å². The van der Waals surface area contributed by atoms with Crippen LogP contribution >= 0.6 is 11.3 Å². The summed E-state index contributed by atoms with van der Waals surface area (Å²) in [6.07, 6.45) is 0. The van der Waals surface area contributed by atoms with Gasteiger partial charge >= 0.3 is 5.97 Å². The van der Waals surface area contributed by atoms with Gasteiger partial charge in [0.1, 0.15) is 30.3 Å². The van der Waals surface area contributed by atoms with Crippen LogP contribution in [-0.4, -0.2) is 43.6 Å². The number of nitrogens with zero attached hydrogens (tertiary/aromatic N) is 1. The molecule has 0 fully saturated rings. The highest BCUT2D eigenvalue weighted by molar-refractivity contribution is 7.07. The molecule has 0 unspecified atom stereocenters. The first-order valence-electron chi connectivity index (χ1n) is 9.45. The Morgan fingerprint density at radius 2 is 1.67 bits per heavy atom. The highest BCUT2D eigenvalue weighted by Crippen LogP contribution is 2.19. The van der Waals surface area contributed by atoms with Crippen molar-refractivity contribution in [1.82, 2.24) is 4.90 Å². The molecule has 1 heterocycles. The van der Waals surface area contributed by atoms with Crippen LogP contribution in [0.15, 0.2) is 71.4 Å². The minimum absolute atomic E-state index is 0.265. The summed E-state index contributed by atoms with van der Waals surface area (Å²) < 4.78 is 16.5. The molecule has 30 heavy (non-hydrogen) atoms. The maximum atomic E-state index is 12.5. The Morgan fingerprint density at radius 3 is 2.43 bits per heavy atom. The Labute approximate surface area is 179 Å². The molecule has 0 saturated heterocycles. The van der Waals surface area contributed by atoms with Crippen LogP contribution in [0.2, 0.25) is 0 Å². The summed E-state index contributed by atoms with van der Waals surface area (Å²) in [7, 11) is 1.68. The zero-order valence-corrected chi connectivity index (χ0v) is 17.5. The van der Waals surface area contributed by atoms with Gasteiger partial charge in [-0.15, -0.1) is 0 Å². The average Bonchev–Trinajstić information content (AvgIpc) is 3.29. The van der Waals surface area contributed by atoms with E-state index < -0.39 is 5.97 Å². The summed E-state index contributed by atoms with van der Waals surface area (Å²) in [6.45, 7) is 0.743. The highest BCUT2D eigenvalue weighted by atomic mass is 32.1. The van der Waals surface area contributed by atoms with Crippen molar-refractivity contribution in [3.05, 3.63) is 82.6 Å². The second kappa shape index (κ2) is 11.0. The molecule has 3 rings (SSSR count). The summed E-state index contributed by atoms with van der Waals surface area (Å²) in [6, 6.07) is 18.1. The van der Waals surface area contributed by atoms with E-state index in [1.165, 1.54) is 4.90 Å². The first-order chi connectivity index (χ1) is 14.6. The highest BCUT2D eigenvalue weighted by Gasteiger charge is 2.17. The second-order valence-corrected chi connectivity index (χ2v) is 7.24. The number of rotatable bonds is 10. The fourth-order valence-electron chi connectivity index (χ4n) is 2.65. The molecule has 1 amide bonds. The van der Waals surface area contributed by atoms with Crippen molar-refractivity contribution in [2.75, 3.05) is 26.9 Å². The molecule has 2 aromatic carbocycles. The van der Waals surface area contributed by atoms with Crippen molar-refractivity contribution in [3.63, 3.8) is 0 Å². The topological polar surface area (TPSA) is 65.1 Å². The smallest absolute Gasteiger partial charge is 0.342 e. The van der Waals surface area contributed by atoms with Gasteiger partial charge in [-0.2, -0.15) is 11.3 Å². The maximum absolute atomic E-state index is 12.5. The normalized spacial score (nSPS) is 10.3. The molecular weight excluding hydrogens is 402 g/mol. The van der Waals surface area contributed by atoms with Crippen molar-refractivity contribution in [3.8, 4) is 11.5 Å². The number of hydrogen-bond acceptors (Lipinski definition) is 6. The third-order valence-corrected chi connectivity index (χ3v) is 4.94. The molecule has 0 aliphatic heterocycles. The van der Waals surface area contributed by atoms with Gasteiger partial charge in [0.15, 0.2) is 6.61 Å². The molecule has 0 aliphatic rings. The fourth-order valence-corrected chi connectivity index (χ4v) is 3.31. The lowest BCUT2D eigenvalue weighted by Gasteiger charge is -2.17. The number of hydrogen-bond donors (Lipinski definition) is 0. The first-order valence-corrected chi connectivity index (χ1v) is 10.4. The second-order valence-electron chi connectivity index (χ2n) is 6.46. The molecule has 7 heteroatoms. The zero-order valence-electron chi connectivity index (χ0n) is 16.7. The van der Waals surface area contributed by atoms with E-state index in [1.807, 2.05) is 47.2 Å². The van der Waals surface area contributed by atoms with Gasteiger partial charge in [0.2, 0.25) is 0 Å². The van der Waals surface area contributed by atoms with Gasteiger partial charge < -0.3 is 19.1 Å². The van der Waals surface area contributed by atoms with Gasteiger partial charge in [0.05, 0.1) is 0 Å². The van der Waals surface area contributed by atoms with Crippen LogP contribution in [0.25, 0.3) is 0 Å². The lowest BCUT2D eigenvalue weighted by atomic mass is 10.2. The van der Waals surface area contributed by atoms with Crippen LogP contribution in [0.1, 0.15) is 15.9 Å². The molecule has 6 nitrogen and oxygen atoms in total. The molecule has 0 saturated carbocycles. The molecule has 0 radical (unpaired) electrons. The van der Waals surface area contributed by atoms with Gasteiger partial charge in [-0.1, -0.05) is 30.3 Å². The van der Waals surface area contributed by atoms with Gasteiger partial charge in [-0.3, -0.25) is 4.79 Å². The van der Waals surface area contributed by atoms with Crippen molar-refractivity contribution in [2.45, 2.75) is 6.54 Å². The minimum Gasteiger partial charge on any atom is -0.490 e. The fraction of sp³-hybridized carbons (Fsp3) is 0.217.